The molecule has 156 valence electrons. The van der Waals surface area contributed by atoms with E-state index < -0.39 is 10.0 Å². The maximum Gasteiger partial charge on any atom is 0.261 e. The zero-order valence-corrected chi connectivity index (χ0v) is 17.8. The highest BCUT2D eigenvalue weighted by atomic mass is 32.2. The predicted molar refractivity (Wildman–Crippen MR) is 116 cm³/mol. The SMILES string of the molecule is CC(C)(CNC(=O)c1ccc(NS(=O)(=O)c2ccccc2)cc1)N1CCCCC1. The van der Waals surface area contributed by atoms with E-state index in [1.165, 1.54) is 31.4 Å². The van der Waals surface area contributed by atoms with E-state index in [4.69, 9.17) is 0 Å². The molecule has 0 aliphatic carbocycles. The minimum atomic E-state index is -3.64. The van der Waals surface area contributed by atoms with Crippen molar-refractivity contribution in [2.24, 2.45) is 0 Å². The molecule has 0 unspecified atom stereocenters. The van der Waals surface area contributed by atoms with Crippen LogP contribution in [0.25, 0.3) is 0 Å². The monoisotopic (exact) mass is 415 g/mol. The summed E-state index contributed by atoms with van der Waals surface area (Å²) in [5, 5.41) is 3.01. The van der Waals surface area contributed by atoms with Gasteiger partial charge in [-0.3, -0.25) is 14.4 Å². The van der Waals surface area contributed by atoms with Crippen molar-refractivity contribution in [2.75, 3.05) is 24.4 Å². The van der Waals surface area contributed by atoms with Crippen LogP contribution in [0, 0.1) is 0 Å². The number of anilines is 1. The van der Waals surface area contributed by atoms with Crippen molar-refractivity contribution in [2.45, 2.75) is 43.5 Å². The van der Waals surface area contributed by atoms with E-state index in [1.54, 1.807) is 42.5 Å². The number of likely N-dealkylation sites (tertiary alicyclic amines) is 1. The van der Waals surface area contributed by atoms with E-state index >= 15 is 0 Å². The first-order valence-corrected chi connectivity index (χ1v) is 11.5. The second-order valence-electron chi connectivity index (χ2n) is 8.04. The van der Waals surface area contributed by atoms with E-state index in [1.807, 2.05) is 0 Å². The molecular formula is C22H29N3O3S. The summed E-state index contributed by atoms with van der Waals surface area (Å²) >= 11 is 0. The average Bonchev–Trinajstić information content (AvgIpc) is 2.74. The summed E-state index contributed by atoms with van der Waals surface area (Å²) in [7, 11) is -3.64. The molecule has 0 aromatic heterocycles. The molecule has 1 fully saturated rings. The van der Waals surface area contributed by atoms with Crippen LogP contribution in [0.1, 0.15) is 43.5 Å². The molecule has 0 spiro atoms. The van der Waals surface area contributed by atoms with E-state index in [0.29, 0.717) is 17.8 Å². The summed E-state index contributed by atoms with van der Waals surface area (Å²) < 4.78 is 27.3. The van der Waals surface area contributed by atoms with E-state index in [2.05, 4.69) is 28.8 Å². The van der Waals surface area contributed by atoms with Gasteiger partial charge in [0.25, 0.3) is 15.9 Å². The zero-order chi connectivity index (χ0) is 20.9. The predicted octanol–water partition coefficient (Wildman–Crippen LogP) is 3.48. The summed E-state index contributed by atoms with van der Waals surface area (Å²) in [6, 6.07) is 14.6. The highest BCUT2D eigenvalue weighted by Crippen LogP contribution is 2.20. The molecule has 1 heterocycles. The van der Waals surface area contributed by atoms with Gasteiger partial charge in [0, 0.05) is 23.3 Å². The number of benzene rings is 2. The van der Waals surface area contributed by atoms with Crippen molar-refractivity contribution in [1.82, 2.24) is 10.2 Å². The van der Waals surface area contributed by atoms with Gasteiger partial charge in [0.1, 0.15) is 0 Å². The van der Waals surface area contributed by atoms with Crippen molar-refractivity contribution in [3.63, 3.8) is 0 Å². The van der Waals surface area contributed by atoms with Gasteiger partial charge >= 0.3 is 0 Å². The second kappa shape index (κ2) is 8.97. The number of nitrogens with zero attached hydrogens (tertiary/aromatic N) is 1. The summed E-state index contributed by atoms with van der Waals surface area (Å²) in [6.07, 6.45) is 3.69. The molecular weight excluding hydrogens is 386 g/mol. The smallest absolute Gasteiger partial charge is 0.261 e. The Morgan fingerprint density at radius 2 is 1.59 bits per heavy atom. The van der Waals surface area contributed by atoms with Gasteiger partial charge in [0.05, 0.1) is 4.90 Å². The molecule has 1 amide bonds. The fourth-order valence-electron chi connectivity index (χ4n) is 3.51. The number of piperidine rings is 1. The Bertz CT molecular complexity index is 920. The topological polar surface area (TPSA) is 78.5 Å². The molecule has 6 nitrogen and oxygen atoms in total. The van der Waals surface area contributed by atoms with Crippen LogP contribution in [-0.4, -0.2) is 44.4 Å². The van der Waals surface area contributed by atoms with Gasteiger partial charge in [0.2, 0.25) is 0 Å². The summed E-state index contributed by atoms with van der Waals surface area (Å²) in [5.74, 6) is -0.160. The first kappa shape index (κ1) is 21.3. The van der Waals surface area contributed by atoms with Gasteiger partial charge < -0.3 is 5.32 Å². The molecule has 2 aromatic rings. The third-order valence-electron chi connectivity index (χ3n) is 5.35. The molecule has 1 saturated heterocycles. The number of sulfonamides is 1. The number of rotatable bonds is 7. The first-order chi connectivity index (χ1) is 13.8. The molecule has 0 radical (unpaired) electrons. The van der Waals surface area contributed by atoms with E-state index in [9.17, 15) is 13.2 Å². The fraction of sp³-hybridized carbons (Fsp3) is 0.409. The number of carbonyl (C=O) groups excluding carboxylic acids is 1. The lowest BCUT2D eigenvalue weighted by Crippen LogP contribution is -2.53. The van der Waals surface area contributed by atoms with Crippen LogP contribution in [0.15, 0.2) is 59.5 Å². The van der Waals surface area contributed by atoms with Gasteiger partial charge in [0.15, 0.2) is 0 Å². The quantitative estimate of drug-likeness (QED) is 0.726. The molecule has 7 heteroatoms. The number of hydrogen-bond acceptors (Lipinski definition) is 4. The Morgan fingerprint density at radius 1 is 0.966 bits per heavy atom. The van der Waals surface area contributed by atoms with Crippen LogP contribution >= 0.6 is 0 Å². The third-order valence-corrected chi connectivity index (χ3v) is 6.74. The van der Waals surface area contributed by atoms with Crippen molar-refractivity contribution in [3.05, 3.63) is 60.2 Å². The molecule has 2 aromatic carbocycles. The molecule has 1 aliphatic rings. The van der Waals surface area contributed by atoms with Gasteiger partial charge in [-0.05, 0) is 76.2 Å². The minimum absolute atomic E-state index is 0.0959. The van der Waals surface area contributed by atoms with Gasteiger partial charge in [-0.1, -0.05) is 24.6 Å². The average molecular weight is 416 g/mol. The third kappa shape index (κ3) is 5.58. The number of hydrogen-bond donors (Lipinski definition) is 2. The zero-order valence-electron chi connectivity index (χ0n) is 17.0. The minimum Gasteiger partial charge on any atom is -0.350 e. The van der Waals surface area contributed by atoms with Crippen molar-refractivity contribution in [3.8, 4) is 0 Å². The first-order valence-electron chi connectivity index (χ1n) is 9.99. The number of carbonyl (C=O) groups is 1. The molecule has 0 atom stereocenters. The Hall–Kier alpha value is -2.38. The Morgan fingerprint density at radius 3 is 2.21 bits per heavy atom. The van der Waals surface area contributed by atoms with Crippen LogP contribution < -0.4 is 10.0 Å². The number of nitrogens with one attached hydrogen (secondary N) is 2. The van der Waals surface area contributed by atoms with Crippen LogP contribution in [0.4, 0.5) is 5.69 Å². The lowest BCUT2D eigenvalue weighted by Gasteiger charge is -2.41. The molecule has 3 rings (SSSR count). The number of amides is 1. The van der Waals surface area contributed by atoms with Crippen molar-refractivity contribution in [1.29, 1.82) is 0 Å². The van der Waals surface area contributed by atoms with Gasteiger partial charge in [-0.2, -0.15) is 0 Å². The standard InChI is InChI=1S/C22H29N3O3S/c1-22(2,25-15-7-4-8-16-25)17-23-21(26)18-11-13-19(14-12-18)24-29(27,28)20-9-5-3-6-10-20/h3,5-6,9-14,24H,4,7-8,15-17H2,1-2H3,(H,23,26). The van der Waals surface area contributed by atoms with Gasteiger partial charge in [-0.25, -0.2) is 8.42 Å². The summed E-state index contributed by atoms with van der Waals surface area (Å²) in [6.45, 7) is 7.01. The highest BCUT2D eigenvalue weighted by Gasteiger charge is 2.28. The largest absolute Gasteiger partial charge is 0.350 e. The fourth-order valence-corrected chi connectivity index (χ4v) is 4.59. The van der Waals surface area contributed by atoms with E-state index in [-0.39, 0.29) is 16.3 Å². The highest BCUT2D eigenvalue weighted by molar-refractivity contribution is 7.92. The normalized spacial score (nSPS) is 15.7. The lowest BCUT2D eigenvalue weighted by atomic mass is 9.98. The van der Waals surface area contributed by atoms with Crippen LogP contribution in [0.2, 0.25) is 0 Å². The Balaban J connectivity index is 1.59. The molecule has 1 aliphatic heterocycles. The van der Waals surface area contributed by atoms with Crippen molar-refractivity contribution < 1.29 is 13.2 Å². The van der Waals surface area contributed by atoms with Crippen LogP contribution in [-0.2, 0) is 10.0 Å². The summed E-state index contributed by atoms with van der Waals surface area (Å²) in [5.41, 5.74) is 0.822. The Kier molecular flexibility index (Phi) is 6.59. The van der Waals surface area contributed by atoms with E-state index in [0.717, 1.165) is 13.1 Å². The maximum atomic E-state index is 12.5. The molecule has 2 N–H and O–H groups in total. The maximum absolute atomic E-state index is 12.5. The van der Waals surface area contributed by atoms with Gasteiger partial charge in [-0.15, -0.1) is 0 Å². The molecule has 0 saturated carbocycles. The molecule has 0 bridgehead atoms. The Labute approximate surface area is 173 Å². The molecule has 29 heavy (non-hydrogen) atoms. The second-order valence-corrected chi connectivity index (χ2v) is 9.72. The van der Waals surface area contributed by atoms with Crippen molar-refractivity contribution >= 4 is 21.6 Å². The van der Waals surface area contributed by atoms with Crippen LogP contribution in [0.3, 0.4) is 0 Å². The lowest BCUT2D eigenvalue weighted by molar-refractivity contribution is 0.0797. The van der Waals surface area contributed by atoms with Crippen LogP contribution in [0.5, 0.6) is 0 Å². The summed E-state index contributed by atoms with van der Waals surface area (Å²) in [4.78, 5) is 15.1.